The van der Waals surface area contributed by atoms with Gasteiger partial charge in [0.25, 0.3) is 12.3 Å². The molecule has 0 aliphatic heterocycles. The van der Waals surface area contributed by atoms with Gasteiger partial charge in [-0.1, -0.05) is 23.7 Å². The molecule has 1 aromatic carbocycles. The zero-order chi connectivity index (χ0) is 24.5. The lowest BCUT2D eigenvalue weighted by atomic mass is 10.1. The highest BCUT2D eigenvalue weighted by Crippen LogP contribution is 2.31. The van der Waals surface area contributed by atoms with Crippen LogP contribution in [0.3, 0.4) is 0 Å². The predicted octanol–water partition coefficient (Wildman–Crippen LogP) is 4.96. The summed E-state index contributed by atoms with van der Waals surface area (Å²) >= 11 is 5.98. The van der Waals surface area contributed by atoms with Crippen molar-refractivity contribution in [2.75, 3.05) is 5.32 Å². The van der Waals surface area contributed by atoms with Crippen LogP contribution in [0.5, 0.6) is 0 Å². The lowest BCUT2D eigenvalue weighted by molar-refractivity contribution is 0.102. The number of benzene rings is 1. The number of anilines is 1. The number of imidazole rings is 2. The number of amides is 1. The molecule has 0 aliphatic carbocycles. The maximum absolute atomic E-state index is 13.3. The van der Waals surface area contributed by atoms with E-state index in [2.05, 4.69) is 25.4 Å². The molecule has 1 N–H and O–H groups in total. The Morgan fingerprint density at radius 2 is 1.89 bits per heavy atom. The van der Waals surface area contributed by atoms with E-state index in [-0.39, 0.29) is 11.4 Å². The molecule has 12 heteroatoms. The second-order valence-corrected chi connectivity index (χ2v) is 7.90. The molecule has 0 atom stereocenters. The summed E-state index contributed by atoms with van der Waals surface area (Å²) in [7, 11) is 0. The van der Waals surface area contributed by atoms with Crippen molar-refractivity contribution in [1.29, 1.82) is 0 Å². The van der Waals surface area contributed by atoms with Gasteiger partial charge in [-0.15, -0.1) is 0 Å². The molecule has 0 spiro atoms. The third-order valence-corrected chi connectivity index (χ3v) is 5.34. The first-order valence-corrected chi connectivity index (χ1v) is 10.6. The van der Waals surface area contributed by atoms with Gasteiger partial charge in [0.2, 0.25) is 5.95 Å². The van der Waals surface area contributed by atoms with Crippen molar-refractivity contribution in [3.05, 3.63) is 83.8 Å². The maximum atomic E-state index is 13.3. The Morgan fingerprint density at radius 3 is 2.63 bits per heavy atom. The largest absolute Gasteiger partial charge is 0.323 e. The van der Waals surface area contributed by atoms with Crippen LogP contribution in [0.2, 0.25) is 5.02 Å². The fourth-order valence-electron chi connectivity index (χ4n) is 3.56. The summed E-state index contributed by atoms with van der Waals surface area (Å²) in [5.74, 6) is -1.18. The van der Waals surface area contributed by atoms with Crippen LogP contribution < -0.4 is 5.32 Å². The quantitative estimate of drug-likeness (QED) is 0.335. The summed E-state index contributed by atoms with van der Waals surface area (Å²) < 4.78 is 42.6. The van der Waals surface area contributed by atoms with Gasteiger partial charge in [0.05, 0.1) is 30.5 Å². The standard InChI is InChI=1S/C23H15ClF3N7O/c24-15-3-1-13(2-4-15)21-22(33(12-29-21)10-17(25)26)16-5-6-20-30-19(11-34(20)32-16)31-23(35)14-7-8-28-18(27)9-14/h1-9,11-12,17H,10H2,(H,31,35). The Labute approximate surface area is 201 Å². The molecule has 5 aromatic rings. The fraction of sp³-hybridized carbons (Fsp3) is 0.0870. The van der Waals surface area contributed by atoms with E-state index in [9.17, 15) is 18.0 Å². The Bertz CT molecular complexity index is 1530. The van der Waals surface area contributed by atoms with E-state index < -0.39 is 24.8 Å². The molecule has 0 fully saturated rings. The predicted molar refractivity (Wildman–Crippen MR) is 123 cm³/mol. The molecular formula is C23H15ClF3N7O. The maximum Gasteiger partial charge on any atom is 0.257 e. The number of pyridine rings is 1. The number of carbonyl (C=O) groups is 1. The van der Waals surface area contributed by atoms with E-state index in [4.69, 9.17) is 11.6 Å². The molecule has 4 aromatic heterocycles. The van der Waals surface area contributed by atoms with Crippen molar-refractivity contribution in [1.82, 2.24) is 29.1 Å². The highest BCUT2D eigenvalue weighted by molar-refractivity contribution is 6.30. The molecule has 0 aliphatic rings. The minimum Gasteiger partial charge on any atom is -0.323 e. The van der Waals surface area contributed by atoms with E-state index in [1.54, 1.807) is 36.4 Å². The van der Waals surface area contributed by atoms with Crippen molar-refractivity contribution in [3.8, 4) is 22.6 Å². The molecular weight excluding hydrogens is 483 g/mol. The topological polar surface area (TPSA) is 90.0 Å². The number of fused-ring (bicyclic) bond motifs is 1. The molecule has 1 amide bonds. The SMILES string of the molecule is O=C(Nc1cn2nc(-c3c(-c4ccc(Cl)cc4)ncn3CC(F)F)ccc2n1)c1ccnc(F)c1. The monoisotopic (exact) mass is 497 g/mol. The minimum atomic E-state index is -2.60. The number of nitrogens with zero attached hydrogens (tertiary/aromatic N) is 6. The normalized spacial score (nSPS) is 11.3. The Hall–Kier alpha value is -4.25. The first-order valence-electron chi connectivity index (χ1n) is 10.3. The van der Waals surface area contributed by atoms with E-state index >= 15 is 0 Å². The molecule has 8 nitrogen and oxygen atoms in total. The summed E-state index contributed by atoms with van der Waals surface area (Å²) in [6, 6.07) is 12.5. The number of alkyl halides is 2. The lowest BCUT2D eigenvalue weighted by Gasteiger charge is -2.10. The second kappa shape index (κ2) is 9.18. The number of halogens is 4. The fourth-order valence-corrected chi connectivity index (χ4v) is 3.68. The first kappa shape index (κ1) is 22.5. The van der Waals surface area contributed by atoms with Gasteiger partial charge in [0.15, 0.2) is 11.5 Å². The van der Waals surface area contributed by atoms with Gasteiger partial charge in [0.1, 0.15) is 5.69 Å². The lowest BCUT2D eigenvalue weighted by Crippen LogP contribution is -2.12. The average Bonchev–Trinajstić information content (AvgIpc) is 3.42. The number of nitrogens with one attached hydrogen (secondary N) is 1. The molecule has 0 saturated carbocycles. The van der Waals surface area contributed by atoms with E-state index in [1.165, 1.54) is 33.9 Å². The Morgan fingerprint density at radius 1 is 1.09 bits per heavy atom. The number of hydrogen-bond donors (Lipinski definition) is 1. The molecule has 0 unspecified atom stereocenters. The van der Waals surface area contributed by atoms with Crippen LogP contribution in [0, 0.1) is 5.95 Å². The highest BCUT2D eigenvalue weighted by Gasteiger charge is 2.20. The van der Waals surface area contributed by atoms with Gasteiger partial charge in [-0.25, -0.2) is 28.2 Å². The number of rotatable bonds is 6. The third kappa shape index (κ3) is 4.71. The van der Waals surface area contributed by atoms with Crippen molar-refractivity contribution in [2.24, 2.45) is 0 Å². The van der Waals surface area contributed by atoms with Crippen molar-refractivity contribution >= 4 is 29.0 Å². The Kier molecular flexibility index (Phi) is 5.91. The summed E-state index contributed by atoms with van der Waals surface area (Å²) in [6.07, 6.45) is 1.38. The van der Waals surface area contributed by atoms with Crippen LogP contribution in [0.25, 0.3) is 28.3 Å². The van der Waals surface area contributed by atoms with E-state index in [0.717, 1.165) is 6.07 Å². The number of hydrogen-bond acceptors (Lipinski definition) is 5. The molecule has 4 heterocycles. The average molecular weight is 498 g/mol. The minimum absolute atomic E-state index is 0.0757. The van der Waals surface area contributed by atoms with Crippen LogP contribution in [0.4, 0.5) is 19.0 Å². The van der Waals surface area contributed by atoms with Gasteiger partial charge in [-0.2, -0.15) is 9.49 Å². The Balaban J connectivity index is 1.52. The van der Waals surface area contributed by atoms with E-state index in [0.29, 0.717) is 33.3 Å². The molecule has 176 valence electrons. The van der Waals surface area contributed by atoms with Crippen LogP contribution in [0.1, 0.15) is 10.4 Å². The zero-order valence-electron chi connectivity index (χ0n) is 17.7. The summed E-state index contributed by atoms with van der Waals surface area (Å²) in [6.45, 7) is -0.566. The van der Waals surface area contributed by atoms with Crippen LogP contribution >= 0.6 is 11.6 Å². The van der Waals surface area contributed by atoms with Crippen LogP contribution in [0.15, 0.2) is 67.3 Å². The molecule has 0 bridgehead atoms. The summed E-state index contributed by atoms with van der Waals surface area (Å²) in [5.41, 5.74) is 2.38. The van der Waals surface area contributed by atoms with Crippen LogP contribution in [-0.4, -0.2) is 41.5 Å². The van der Waals surface area contributed by atoms with Gasteiger partial charge in [-0.3, -0.25) is 4.79 Å². The van der Waals surface area contributed by atoms with Gasteiger partial charge in [-0.05, 0) is 30.3 Å². The highest BCUT2D eigenvalue weighted by atomic mass is 35.5. The summed E-state index contributed by atoms with van der Waals surface area (Å²) in [5, 5.41) is 7.61. The second-order valence-electron chi connectivity index (χ2n) is 7.46. The number of carbonyl (C=O) groups excluding carboxylic acids is 1. The van der Waals surface area contributed by atoms with Crippen LogP contribution in [-0.2, 0) is 6.54 Å². The number of aromatic nitrogens is 6. The molecule has 0 radical (unpaired) electrons. The smallest absolute Gasteiger partial charge is 0.257 e. The van der Waals surface area contributed by atoms with Crippen molar-refractivity contribution in [3.63, 3.8) is 0 Å². The third-order valence-electron chi connectivity index (χ3n) is 5.08. The molecule has 5 rings (SSSR count). The molecule has 35 heavy (non-hydrogen) atoms. The first-order chi connectivity index (χ1) is 16.9. The van der Waals surface area contributed by atoms with Crippen molar-refractivity contribution < 1.29 is 18.0 Å². The zero-order valence-corrected chi connectivity index (χ0v) is 18.5. The summed E-state index contributed by atoms with van der Waals surface area (Å²) in [4.78, 5) is 24.4. The van der Waals surface area contributed by atoms with E-state index in [1.807, 2.05) is 0 Å². The molecule has 0 saturated heterocycles. The van der Waals surface area contributed by atoms with Gasteiger partial charge >= 0.3 is 0 Å². The van der Waals surface area contributed by atoms with Gasteiger partial charge in [0, 0.05) is 28.4 Å². The van der Waals surface area contributed by atoms with Crippen molar-refractivity contribution in [2.45, 2.75) is 13.0 Å². The van der Waals surface area contributed by atoms with Gasteiger partial charge < -0.3 is 9.88 Å².